The van der Waals surface area contributed by atoms with Gasteiger partial charge in [0.1, 0.15) is 12.1 Å². The predicted octanol–water partition coefficient (Wildman–Crippen LogP) is 3.84. The van der Waals surface area contributed by atoms with Crippen LogP contribution in [-0.4, -0.2) is 54.8 Å². The smallest absolute Gasteiger partial charge is 0.216 e. The Morgan fingerprint density at radius 1 is 1.45 bits per heavy atom. The van der Waals surface area contributed by atoms with Crippen molar-refractivity contribution in [1.82, 2.24) is 15.2 Å². The highest BCUT2D eigenvalue weighted by molar-refractivity contribution is 9.10. The van der Waals surface area contributed by atoms with E-state index in [1.807, 2.05) is 12.1 Å². The lowest BCUT2D eigenvalue weighted by Gasteiger charge is -2.36. The van der Waals surface area contributed by atoms with Gasteiger partial charge in [-0.05, 0) is 72.8 Å². The van der Waals surface area contributed by atoms with Crippen LogP contribution in [0.25, 0.3) is 10.9 Å². The maximum atomic E-state index is 15.4. The van der Waals surface area contributed by atoms with Gasteiger partial charge in [-0.25, -0.2) is 9.37 Å². The Kier molecular flexibility index (Phi) is 5.76. The number of aromatic nitrogens is 1. The Balaban J connectivity index is 1.50. The third-order valence-corrected chi connectivity index (χ3v) is 7.96. The zero-order chi connectivity index (χ0) is 21.5. The molecule has 2 bridgehead atoms. The topological polar surface area (TPSA) is 73.2 Å². The summed E-state index contributed by atoms with van der Waals surface area (Å²) in [6, 6.07) is 7.18. The molecule has 4 heterocycles. The highest BCUT2D eigenvalue weighted by atomic mass is 79.9. The standard InChI is InChI=1S/C23H27BrFN5O/c1-30-7-3-5-15(30)12-31-19-10-17(28-22-14-9-18(22)27-11-14)16-8-13(4-2-6-26)20(24)21(25)23(16)29-19/h8,10,14-15,18,22,27H,2-5,7,9,11-12H2,1H3,(H,28,29)/t14?,15-,18?,22?/m0/s1. The highest BCUT2D eigenvalue weighted by Gasteiger charge is 2.46. The number of likely N-dealkylation sites (tertiary alicyclic amines) is 1. The highest BCUT2D eigenvalue weighted by Crippen LogP contribution is 2.40. The van der Waals surface area contributed by atoms with Crippen LogP contribution in [0.15, 0.2) is 16.6 Å². The summed E-state index contributed by atoms with van der Waals surface area (Å²) < 4.78 is 21.8. The number of nitriles is 1. The molecule has 3 aliphatic heterocycles. The largest absolute Gasteiger partial charge is 0.476 e. The van der Waals surface area contributed by atoms with Crippen LogP contribution in [0.2, 0.25) is 0 Å². The zero-order valence-corrected chi connectivity index (χ0v) is 19.2. The van der Waals surface area contributed by atoms with Crippen LogP contribution in [0, 0.1) is 23.1 Å². The summed E-state index contributed by atoms with van der Waals surface area (Å²) >= 11 is 3.38. The number of likely N-dealkylation sites (N-methyl/N-ethyl adjacent to an activating group) is 1. The first-order chi connectivity index (χ1) is 15.0. The van der Waals surface area contributed by atoms with E-state index in [2.05, 4.69) is 49.6 Å². The molecule has 6 nitrogen and oxygen atoms in total. The van der Waals surface area contributed by atoms with Gasteiger partial charge >= 0.3 is 0 Å². The Hall–Kier alpha value is -1.95. The lowest BCUT2D eigenvalue weighted by molar-refractivity contribution is 0.193. The number of nitrogens with zero attached hydrogens (tertiary/aromatic N) is 3. The van der Waals surface area contributed by atoms with Gasteiger partial charge in [0.25, 0.3) is 0 Å². The van der Waals surface area contributed by atoms with Gasteiger partial charge in [-0.1, -0.05) is 0 Å². The summed E-state index contributed by atoms with van der Waals surface area (Å²) in [7, 11) is 2.11. The first-order valence-corrected chi connectivity index (χ1v) is 11.9. The van der Waals surface area contributed by atoms with E-state index in [1.54, 1.807) is 0 Å². The second-order valence-electron chi connectivity index (χ2n) is 8.99. The number of hydrogen-bond donors (Lipinski definition) is 2. The molecule has 3 unspecified atom stereocenters. The number of rotatable bonds is 7. The number of fused-ring (bicyclic) bond motifs is 2. The maximum absolute atomic E-state index is 15.4. The number of anilines is 1. The van der Waals surface area contributed by atoms with E-state index in [4.69, 9.17) is 10.00 Å². The molecule has 1 aromatic heterocycles. The molecule has 0 spiro atoms. The van der Waals surface area contributed by atoms with Gasteiger partial charge in [-0.15, -0.1) is 0 Å². The maximum Gasteiger partial charge on any atom is 0.216 e. The molecule has 2 N–H and O–H groups in total. The molecular weight excluding hydrogens is 461 g/mol. The fourth-order valence-corrected chi connectivity index (χ4v) is 5.64. The Bertz CT molecular complexity index is 1030. The molecule has 6 rings (SSSR count). The Morgan fingerprint density at radius 2 is 2.32 bits per heavy atom. The summed E-state index contributed by atoms with van der Waals surface area (Å²) in [5, 5.41) is 16.9. The van der Waals surface area contributed by atoms with Crippen molar-refractivity contribution in [2.45, 2.75) is 50.2 Å². The Morgan fingerprint density at radius 3 is 3.00 bits per heavy atom. The van der Waals surface area contributed by atoms with Gasteiger partial charge < -0.3 is 20.3 Å². The number of hydrogen-bond acceptors (Lipinski definition) is 6. The van der Waals surface area contributed by atoms with Crippen LogP contribution in [0.3, 0.4) is 0 Å². The minimum Gasteiger partial charge on any atom is -0.476 e. The lowest BCUT2D eigenvalue weighted by Crippen LogP contribution is -2.47. The van der Waals surface area contributed by atoms with Crippen molar-refractivity contribution in [3.63, 3.8) is 0 Å². The summed E-state index contributed by atoms with van der Waals surface area (Å²) in [5.41, 5.74) is 1.94. The molecule has 4 fully saturated rings. The van der Waals surface area contributed by atoms with Gasteiger partial charge in [-0.2, -0.15) is 5.26 Å². The molecule has 1 saturated carbocycles. The average molecular weight is 488 g/mol. The van der Waals surface area contributed by atoms with E-state index in [0.29, 0.717) is 59.4 Å². The molecule has 1 aromatic carbocycles. The fraction of sp³-hybridized carbons (Fsp3) is 0.565. The lowest BCUT2D eigenvalue weighted by atomic mass is 9.80. The third kappa shape index (κ3) is 3.88. The molecule has 164 valence electrons. The SMILES string of the molecule is CN1CCC[C@H]1COc1cc(NC2C3CNC2C3)c2cc(CCC#N)c(Br)c(F)c2n1. The third-order valence-electron chi connectivity index (χ3n) is 7.10. The van der Waals surface area contributed by atoms with Gasteiger partial charge in [0.05, 0.1) is 10.5 Å². The molecule has 0 amide bonds. The number of nitrogens with one attached hydrogen (secondary N) is 2. The van der Waals surface area contributed by atoms with E-state index >= 15 is 4.39 Å². The van der Waals surface area contributed by atoms with Crippen LogP contribution in [0.1, 0.15) is 31.2 Å². The molecule has 31 heavy (non-hydrogen) atoms. The molecule has 3 saturated heterocycles. The molecule has 0 radical (unpaired) electrons. The molecule has 8 heteroatoms. The predicted molar refractivity (Wildman–Crippen MR) is 122 cm³/mol. The fourth-order valence-electron chi connectivity index (χ4n) is 5.14. The van der Waals surface area contributed by atoms with Crippen LogP contribution in [-0.2, 0) is 6.42 Å². The van der Waals surface area contributed by atoms with Gasteiger partial charge in [0.2, 0.25) is 5.88 Å². The van der Waals surface area contributed by atoms with E-state index < -0.39 is 5.82 Å². The summed E-state index contributed by atoms with van der Waals surface area (Å²) in [6.07, 6.45) is 4.30. The van der Waals surface area contributed by atoms with E-state index in [0.717, 1.165) is 36.1 Å². The van der Waals surface area contributed by atoms with E-state index in [1.165, 1.54) is 12.8 Å². The molecular formula is C23H27BrFN5O. The number of aryl methyl sites for hydroxylation is 1. The minimum absolute atomic E-state index is 0.298. The van der Waals surface area contributed by atoms with Crippen LogP contribution in [0.4, 0.5) is 10.1 Å². The molecule has 4 atom stereocenters. The van der Waals surface area contributed by atoms with Crippen LogP contribution >= 0.6 is 15.9 Å². The van der Waals surface area contributed by atoms with Crippen molar-refractivity contribution < 1.29 is 9.13 Å². The first kappa shape index (κ1) is 20.9. The van der Waals surface area contributed by atoms with Crippen molar-refractivity contribution in [3.05, 3.63) is 28.0 Å². The van der Waals surface area contributed by atoms with E-state index in [9.17, 15) is 0 Å². The van der Waals surface area contributed by atoms with Crippen molar-refractivity contribution in [2.75, 3.05) is 32.1 Å². The quantitative estimate of drug-likeness (QED) is 0.617. The number of ether oxygens (including phenoxy) is 1. The number of pyridine rings is 1. The van der Waals surface area contributed by atoms with Gasteiger partial charge in [0, 0.05) is 48.2 Å². The zero-order valence-electron chi connectivity index (χ0n) is 17.6. The van der Waals surface area contributed by atoms with Crippen LogP contribution in [0.5, 0.6) is 5.88 Å². The second kappa shape index (κ2) is 8.53. The number of halogens is 2. The second-order valence-corrected chi connectivity index (χ2v) is 9.79. The van der Waals surface area contributed by atoms with Gasteiger partial charge in [-0.3, -0.25) is 0 Å². The number of benzene rings is 1. The average Bonchev–Trinajstić information content (AvgIpc) is 3.50. The first-order valence-electron chi connectivity index (χ1n) is 11.1. The summed E-state index contributed by atoms with van der Waals surface area (Å²) in [4.78, 5) is 6.84. The van der Waals surface area contributed by atoms with Gasteiger partial charge in [0.15, 0.2) is 5.82 Å². The van der Waals surface area contributed by atoms with Crippen molar-refractivity contribution in [1.29, 1.82) is 5.26 Å². The summed E-state index contributed by atoms with van der Waals surface area (Å²) in [6.45, 7) is 2.65. The summed E-state index contributed by atoms with van der Waals surface area (Å²) in [5.74, 6) is 0.653. The minimum atomic E-state index is -0.397. The van der Waals surface area contributed by atoms with Crippen LogP contribution < -0.4 is 15.4 Å². The normalized spacial score (nSPS) is 27.3. The monoisotopic (exact) mass is 487 g/mol. The van der Waals surface area contributed by atoms with Crippen molar-refractivity contribution >= 4 is 32.5 Å². The van der Waals surface area contributed by atoms with Crippen molar-refractivity contribution in [3.8, 4) is 11.9 Å². The molecule has 2 aromatic rings. The Labute approximate surface area is 190 Å². The van der Waals surface area contributed by atoms with Crippen molar-refractivity contribution in [2.24, 2.45) is 5.92 Å². The van der Waals surface area contributed by atoms with E-state index in [-0.39, 0.29) is 0 Å². The molecule has 1 aliphatic carbocycles. The molecule has 4 aliphatic rings.